The Hall–Kier alpha value is -2.05. The average molecular weight is 357 g/mol. The molecule has 3 heterocycles. The molecule has 0 radical (unpaired) electrons. The highest BCUT2D eigenvalue weighted by molar-refractivity contribution is 5.87. The minimum Gasteiger partial charge on any atom is -0.497 e. The molecule has 1 amide bonds. The first-order valence-electron chi connectivity index (χ1n) is 9.50. The van der Waals surface area contributed by atoms with Crippen LogP contribution < -0.4 is 4.74 Å². The zero-order valence-corrected chi connectivity index (χ0v) is 15.4. The lowest BCUT2D eigenvalue weighted by molar-refractivity contribution is -0.132. The first kappa shape index (κ1) is 17.4. The summed E-state index contributed by atoms with van der Waals surface area (Å²) in [7, 11) is 1.69. The summed E-state index contributed by atoms with van der Waals surface area (Å²) < 4.78 is 10.8. The Balaban J connectivity index is 1.48. The van der Waals surface area contributed by atoms with Gasteiger partial charge in [-0.15, -0.1) is 0 Å². The van der Waals surface area contributed by atoms with Gasteiger partial charge in [-0.3, -0.25) is 9.69 Å². The molecule has 6 heteroatoms. The minimum atomic E-state index is 0.251. The molecule has 0 saturated carbocycles. The van der Waals surface area contributed by atoms with Gasteiger partial charge in [0.25, 0.3) is 0 Å². The zero-order valence-electron chi connectivity index (χ0n) is 15.4. The molecule has 2 aliphatic heterocycles. The maximum atomic E-state index is 12.8. The van der Waals surface area contributed by atoms with Gasteiger partial charge in [0.1, 0.15) is 5.75 Å². The average Bonchev–Trinajstić information content (AvgIpc) is 2.88. The van der Waals surface area contributed by atoms with Gasteiger partial charge in [-0.25, -0.2) is 0 Å². The number of fused-ring (bicyclic) bond motifs is 3. The molecule has 0 spiro atoms. The number of aromatic nitrogens is 1. The Labute approximate surface area is 154 Å². The summed E-state index contributed by atoms with van der Waals surface area (Å²) >= 11 is 0. The summed E-state index contributed by atoms with van der Waals surface area (Å²) in [6.45, 7) is 5.75. The van der Waals surface area contributed by atoms with Crippen molar-refractivity contribution in [1.82, 2.24) is 14.8 Å². The molecule has 2 aliphatic rings. The van der Waals surface area contributed by atoms with E-state index in [1.165, 1.54) is 16.6 Å². The zero-order chi connectivity index (χ0) is 17.9. The van der Waals surface area contributed by atoms with Crippen LogP contribution >= 0.6 is 0 Å². The number of benzene rings is 1. The number of nitrogens with one attached hydrogen (secondary N) is 1. The molecular formula is C20H27N3O3. The Morgan fingerprint density at radius 2 is 2.12 bits per heavy atom. The number of H-pyrrole nitrogens is 1. The van der Waals surface area contributed by atoms with E-state index < -0.39 is 0 Å². The van der Waals surface area contributed by atoms with Gasteiger partial charge in [0.05, 0.1) is 20.3 Å². The number of aryl methyl sites for hydroxylation is 1. The van der Waals surface area contributed by atoms with Crippen LogP contribution in [0.3, 0.4) is 0 Å². The molecule has 0 unspecified atom stereocenters. The molecular weight excluding hydrogens is 330 g/mol. The van der Waals surface area contributed by atoms with E-state index in [1.807, 2.05) is 11.0 Å². The van der Waals surface area contributed by atoms with Gasteiger partial charge >= 0.3 is 0 Å². The molecule has 140 valence electrons. The van der Waals surface area contributed by atoms with Crippen LogP contribution in [0.25, 0.3) is 10.9 Å². The molecule has 0 bridgehead atoms. The number of carbonyl (C=O) groups is 1. The highest BCUT2D eigenvalue weighted by Gasteiger charge is 2.23. The minimum absolute atomic E-state index is 0.251. The Morgan fingerprint density at radius 3 is 2.92 bits per heavy atom. The van der Waals surface area contributed by atoms with E-state index in [4.69, 9.17) is 9.47 Å². The molecule has 0 aliphatic carbocycles. The summed E-state index contributed by atoms with van der Waals surface area (Å²) in [6, 6.07) is 6.11. The van der Waals surface area contributed by atoms with Crippen LogP contribution in [-0.4, -0.2) is 67.2 Å². The van der Waals surface area contributed by atoms with E-state index in [1.54, 1.807) is 7.11 Å². The van der Waals surface area contributed by atoms with Crippen molar-refractivity contribution in [2.45, 2.75) is 25.8 Å². The number of amides is 1. The first-order valence-corrected chi connectivity index (χ1v) is 9.50. The fourth-order valence-electron chi connectivity index (χ4n) is 3.97. The Kier molecular flexibility index (Phi) is 5.13. The van der Waals surface area contributed by atoms with Crippen molar-refractivity contribution < 1.29 is 14.3 Å². The Bertz CT molecular complexity index is 780. The molecule has 1 aromatic heterocycles. The fourth-order valence-corrected chi connectivity index (χ4v) is 3.97. The van der Waals surface area contributed by atoms with Crippen LogP contribution in [0.1, 0.15) is 24.1 Å². The second-order valence-electron chi connectivity index (χ2n) is 7.12. The first-order chi connectivity index (χ1) is 12.7. The van der Waals surface area contributed by atoms with E-state index in [2.05, 4.69) is 22.0 Å². The second-order valence-corrected chi connectivity index (χ2v) is 7.12. The summed E-state index contributed by atoms with van der Waals surface area (Å²) in [5, 5.41) is 1.17. The number of morpholine rings is 1. The quantitative estimate of drug-likeness (QED) is 0.911. The van der Waals surface area contributed by atoms with Gasteiger partial charge in [-0.05, 0) is 31.0 Å². The lowest BCUT2D eigenvalue weighted by Gasteiger charge is -2.27. The summed E-state index contributed by atoms with van der Waals surface area (Å²) in [5.74, 6) is 1.11. The normalized spacial score (nSPS) is 18.6. The second kappa shape index (κ2) is 7.68. The van der Waals surface area contributed by atoms with E-state index in [-0.39, 0.29) is 5.91 Å². The van der Waals surface area contributed by atoms with Crippen LogP contribution in [0, 0.1) is 0 Å². The highest BCUT2D eigenvalue weighted by Crippen LogP contribution is 2.30. The van der Waals surface area contributed by atoms with Crippen LogP contribution in [-0.2, 0) is 22.5 Å². The van der Waals surface area contributed by atoms with Gasteiger partial charge < -0.3 is 19.4 Å². The summed E-state index contributed by atoms with van der Waals surface area (Å²) in [4.78, 5) is 20.7. The predicted molar refractivity (Wildman–Crippen MR) is 100 cm³/mol. The maximum Gasteiger partial charge on any atom is 0.224 e. The van der Waals surface area contributed by atoms with E-state index in [0.29, 0.717) is 13.0 Å². The lowest BCUT2D eigenvalue weighted by atomic mass is 10.1. The number of ether oxygens (including phenoxy) is 2. The van der Waals surface area contributed by atoms with Gasteiger partial charge in [-0.2, -0.15) is 0 Å². The van der Waals surface area contributed by atoms with Crippen molar-refractivity contribution in [3.05, 3.63) is 29.5 Å². The smallest absolute Gasteiger partial charge is 0.224 e. The van der Waals surface area contributed by atoms with Crippen LogP contribution in [0.15, 0.2) is 18.2 Å². The van der Waals surface area contributed by atoms with Crippen LogP contribution in [0.5, 0.6) is 5.75 Å². The molecule has 0 atom stereocenters. The number of nitrogens with zero attached hydrogens (tertiary/aromatic N) is 2. The van der Waals surface area contributed by atoms with Crippen molar-refractivity contribution >= 4 is 16.8 Å². The molecule has 6 nitrogen and oxygen atoms in total. The fraction of sp³-hybridized carbons (Fsp3) is 0.550. The molecule has 1 fully saturated rings. The third-order valence-electron chi connectivity index (χ3n) is 5.50. The SMILES string of the molecule is COc1ccc2[nH]c3c(c2c1)CN(C(=O)CCN1CCOCC1)CCC3. The topological polar surface area (TPSA) is 57.8 Å². The highest BCUT2D eigenvalue weighted by atomic mass is 16.5. The van der Waals surface area contributed by atoms with E-state index >= 15 is 0 Å². The molecule has 4 rings (SSSR count). The van der Waals surface area contributed by atoms with E-state index in [0.717, 1.165) is 63.5 Å². The number of aromatic amines is 1. The van der Waals surface area contributed by atoms with Crippen molar-refractivity contribution in [1.29, 1.82) is 0 Å². The molecule has 1 saturated heterocycles. The van der Waals surface area contributed by atoms with Crippen molar-refractivity contribution in [3.63, 3.8) is 0 Å². The molecule has 2 aromatic rings. The van der Waals surface area contributed by atoms with Crippen molar-refractivity contribution in [2.24, 2.45) is 0 Å². The third kappa shape index (κ3) is 3.57. The number of methoxy groups -OCH3 is 1. The number of hydrogen-bond donors (Lipinski definition) is 1. The third-order valence-corrected chi connectivity index (χ3v) is 5.50. The van der Waals surface area contributed by atoms with Crippen LogP contribution in [0.4, 0.5) is 0 Å². The Morgan fingerprint density at radius 1 is 1.27 bits per heavy atom. The van der Waals surface area contributed by atoms with Crippen molar-refractivity contribution in [3.8, 4) is 5.75 Å². The molecule has 26 heavy (non-hydrogen) atoms. The van der Waals surface area contributed by atoms with Gasteiger partial charge in [0, 0.05) is 61.3 Å². The lowest BCUT2D eigenvalue weighted by Crippen LogP contribution is -2.39. The number of hydrogen-bond acceptors (Lipinski definition) is 4. The molecule has 1 N–H and O–H groups in total. The molecule has 1 aromatic carbocycles. The predicted octanol–water partition coefficient (Wildman–Crippen LogP) is 2.17. The van der Waals surface area contributed by atoms with Gasteiger partial charge in [0.2, 0.25) is 5.91 Å². The number of rotatable bonds is 4. The standard InChI is InChI=1S/C20H27N3O3/c1-25-15-4-5-19-16(13-15)17-14-23(7-2-3-18(17)21-19)20(24)6-8-22-9-11-26-12-10-22/h4-5,13,21H,2-3,6-12,14H2,1H3. The van der Waals surface area contributed by atoms with Gasteiger partial charge in [0.15, 0.2) is 0 Å². The van der Waals surface area contributed by atoms with Crippen molar-refractivity contribution in [2.75, 3.05) is 46.5 Å². The monoisotopic (exact) mass is 357 g/mol. The van der Waals surface area contributed by atoms with E-state index in [9.17, 15) is 4.79 Å². The largest absolute Gasteiger partial charge is 0.497 e. The summed E-state index contributed by atoms with van der Waals surface area (Å²) in [5.41, 5.74) is 3.63. The van der Waals surface area contributed by atoms with Crippen LogP contribution in [0.2, 0.25) is 0 Å². The summed E-state index contributed by atoms with van der Waals surface area (Å²) in [6.07, 6.45) is 2.57. The van der Waals surface area contributed by atoms with Gasteiger partial charge in [-0.1, -0.05) is 0 Å². The number of carbonyl (C=O) groups excluding carboxylic acids is 1. The maximum absolute atomic E-state index is 12.8.